The van der Waals surface area contributed by atoms with Gasteiger partial charge in [-0.1, -0.05) is 153 Å². The lowest BCUT2D eigenvalue weighted by molar-refractivity contribution is 0.861. The second-order valence-corrected chi connectivity index (χ2v) is 16.4. The molecule has 278 valence electrons. The summed E-state index contributed by atoms with van der Waals surface area (Å²) in [7, 11) is 0. The smallest absolute Gasteiger partial charge is 0.242 e. The maximum Gasteiger partial charge on any atom is 0.242 e. The number of rotatable bonds is 6. The first-order valence-corrected chi connectivity index (χ1v) is 20.5. The average Bonchev–Trinajstić information content (AvgIpc) is 3.73. The summed E-state index contributed by atoms with van der Waals surface area (Å²) in [4.78, 5) is 10.9. The molecule has 0 fully saturated rings. The molecule has 0 radical (unpaired) electrons. The number of hydrogen-bond acceptors (Lipinski definition) is 2. The van der Waals surface area contributed by atoms with E-state index in [2.05, 4.69) is 178 Å². The van der Waals surface area contributed by atoms with Gasteiger partial charge in [-0.25, -0.2) is 9.97 Å². The Labute approximate surface area is 336 Å². The van der Waals surface area contributed by atoms with Crippen molar-refractivity contribution >= 4 is 57.1 Å². The SMILES string of the molecule is Cc1cc(C)c(B(c2ccc(-c3nc(-n4c5c(c6ccccc64)CCC=C5)cc(-n4c5c(c6ccccc64)C=CCC5)n3)cc2)c2c(C)cc(C)cc2C)c(C)c1. The molecule has 5 heteroatoms. The summed E-state index contributed by atoms with van der Waals surface area (Å²) in [6.07, 6.45) is 13.2. The van der Waals surface area contributed by atoms with Crippen molar-refractivity contribution in [3.05, 3.63) is 171 Å². The molecule has 0 bridgehead atoms. The number of fused-ring (bicyclic) bond motifs is 6. The van der Waals surface area contributed by atoms with Crippen LogP contribution in [0.15, 0.2) is 115 Å². The maximum atomic E-state index is 5.47. The molecule has 0 spiro atoms. The van der Waals surface area contributed by atoms with Crippen molar-refractivity contribution in [2.75, 3.05) is 0 Å². The molecule has 3 heterocycles. The molecule has 0 N–H and O–H groups in total. The van der Waals surface area contributed by atoms with Crippen LogP contribution in [0.2, 0.25) is 0 Å². The summed E-state index contributed by atoms with van der Waals surface area (Å²) in [6.45, 7) is 13.6. The van der Waals surface area contributed by atoms with Gasteiger partial charge in [-0.3, -0.25) is 9.13 Å². The largest absolute Gasteiger partial charge is 0.297 e. The molecule has 10 rings (SSSR count). The van der Waals surface area contributed by atoms with Gasteiger partial charge < -0.3 is 0 Å². The lowest BCUT2D eigenvalue weighted by Gasteiger charge is -2.24. The fourth-order valence-corrected chi connectivity index (χ4v) is 10.2. The second kappa shape index (κ2) is 13.8. The fourth-order valence-electron chi connectivity index (χ4n) is 10.2. The first kappa shape index (κ1) is 35.2. The van der Waals surface area contributed by atoms with Crippen molar-refractivity contribution in [3.63, 3.8) is 0 Å². The molecule has 0 atom stereocenters. The third-order valence-electron chi connectivity index (χ3n) is 12.4. The van der Waals surface area contributed by atoms with Crippen molar-refractivity contribution in [3.8, 4) is 23.0 Å². The Morgan fingerprint density at radius 3 is 1.74 bits per heavy atom. The molecule has 4 nitrogen and oxygen atoms in total. The minimum Gasteiger partial charge on any atom is -0.297 e. The van der Waals surface area contributed by atoms with E-state index >= 15 is 0 Å². The van der Waals surface area contributed by atoms with Crippen LogP contribution in [0.25, 0.3) is 57.0 Å². The topological polar surface area (TPSA) is 35.6 Å². The van der Waals surface area contributed by atoms with E-state index in [1.807, 2.05) is 0 Å². The van der Waals surface area contributed by atoms with E-state index in [-0.39, 0.29) is 6.71 Å². The van der Waals surface area contributed by atoms with Crippen molar-refractivity contribution in [2.24, 2.45) is 0 Å². The molecule has 57 heavy (non-hydrogen) atoms. The molecule has 2 aliphatic rings. The third kappa shape index (κ3) is 5.82. The Hall–Kier alpha value is -6.20. The predicted octanol–water partition coefficient (Wildman–Crippen LogP) is 10.3. The molecule has 0 unspecified atom stereocenters. The fraction of sp³-hybridized carbons (Fsp3) is 0.192. The second-order valence-electron chi connectivity index (χ2n) is 16.4. The van der Waals surface area contributed by atoms with E-state index in [1.165, 1.54) is 94.1 Å². The van der Waals surface area contributed by atoms with Gasteiger partial charge in [0.25, 0.3) is 0 Å². The standard InChI is InChI=1S/C52H47BN4/c1-32-27-34(3)50(35(4)28-32)53(51-36(5)29-33(2)30-37(51)6)39-25-23-38(24-26-39)52-54-48(56-44-19-11-7-15-40(44)41-16-8-12-20-45(41)56)31-49(55-52)57-46-21-13-9-17-42(46)43-18-10-14-22-47(43)57/h7-9,11,13-17,19,21-31H,10,12,18,20H2,1-6H3. The van der Waals surface area contributed by atoms with Crippen LogP contribution in [-0.4, -0.2) is 25.8 Å². The first-order valence-electron chi connectivity index (χ1n) is 20.5. The van der Waals surface area contributed by atoms with Gasteiger partial charge in [-0.05, 0) is 91.0 Å². The van der Waals surface area contributed by atoms with Crippen LogP contribution in [0.4, 0.5) is 0 Å². The van der Waals surface area contributed by atoms with Crippen LogP contribution in [0.5, 0.6) is 0 Å². The Morgan fingerprint density at radius 1 is 0.544 bits per heavy atom. The normalized spacial score (nSPS) is 13.4. The van der Waals surface area contributed by atoms with E-state index in [0.29, 0.717) is 0 Å². The molecular weight excluding hydrogens is 691 g/mol. The summed E-state index contributed by atoms with van der Waals surface area (Å²) in [5, 5.41) is 2.56. The lowest BCUT2D eigenvalue weighted by atomic mass is 9.34. The van der Waals surface area contributed by atoms with Gasteiger partial charge in [0, 0.05) is 33.7 Å². The maximum absolute atomic E-state index is 5.47. The minimum absolute atomic E-state index is 0.0958. The van der Waals surface area contributed by atoms with Crippen molar-refractivity contribution in [2.45, 2.75) is 67.2 Å². The van der Waals surface area contributed by atoms with E-state index < -0.39 is 0 Å². The number of aryl methyl sites for hydroxylation is 7. The van der Waals surface area contributed by atoms with Crippen LogP contribution in [-0.2, 0) is 12.8 Å². The van der Waals surface area contributed by atoms with Gasteiger partial charge in [0.2, 0.25) is 6.71 Å². The molecule has 0 amide bonds. The van der Waals surface area contributed by atoms with Crippen molar-refractivity contribution < 1.29 is 0 Å². The highest BCUT2D eigenvalue weighted by atomic mass is 15.2. The molecule has 0 saturated heterocycles. The Morgan fingerprint density at radius 2 is 1.09 bits per heavy atom. The molecule has 0 aliphatic heterocycles. The summed E-state index contributed by atoms with van der Waals surface area (Å²) in [5.41, 5.74) is 20.5. The lowest BCUT2D eigenvalue weighted by Crippen LogP contribution is -2.55. The number of nitrogens with zero attached hydrogens (tertiary/aromatic N) is 4. The van der Waals surface area contributed by atoms with Gasteiger partial charge in [-0.2, -0.15) is 0 Å². The van der Waals surface area contributed by atoms with E-state index in [4.69, 9.17) is 9.97 Å². The summed E-state index contributed by atoms with van der Waals surface area (Å²) in [5.74, 6) is 2.50. The zero-order chi connectivity index (χ0) is 38.9. The van der Waals surface area contributed by atoms with Crippen molar-refractivity contribution in [1.29, 1.82) is 0 Å². The molecule has 2 aliphatic carbocycles. The Balaban J connectivity index is 1.19. The number of benzene rings is 5. The number of hydrogen-bond donors (Lipinski definition) is 0. The Bertz CT molecular complexity index is 2870. The Kier molecular flexibility index (Phi) is 8.51. The number of allylic oxidation sites excluding steroid dienone is 2. The summed E-state index contributed by atoms with van der Waals surface area (Å²) >= 11 is 0. The highest BCUT2D eigenvalue weighted by Crippen LogP contribution is 2.37. The summed E-state index contributed by atoms with van der Waals surface area (Å²) < 4.78 is 4.76. The molecular formula is C52H47BN4. The predicted molar refractivity (Wildman–Crippen MR) is 242 cm³/mol. The molecule has 5 aromatic carbocycles. The van der Waals surface area contributed by atoms with Crippen LogP contribution in [0, 0.1) is 41.5 Å². The molecule has 0 saturated carbocycles. The molecule has 3 aromatic heterocycles. The highest BCUT2D eigenvalue weighted by molar-refractivity contribution is 6.96. The van der Waals surface area contributed by atoms with E-state index in [1.54, 1.807) is 0 Å². The number of para-hydroxylation sites is 2. The quantitative estimate of drug-likeness (QED) is 0.159. The summed E-state index contributed by atoms with van der Waals surface area (Å²) in [6, 6.07) is 38.2. The minimum atomic E-state index is 0.0958. The highest BCUT2D eigenvalue weighted by Gasteiger charge is 2.29. The van der Waals surface area contributed by atoms with E-state index in [0.717, 1.165) is 48.7 Å². The zero-order valence-electron chi connectivity index (χ0n) is 33.8. The average molecular weight is 739 g/mol. The van der Waals surface area contributed by atoms with Gasteiger partial charge in [0.15, 0.2) is 5.82 Å². The third-order valence-corrected chi connectivity index (χ3v) is 12.4. The van der Waals surface area contributed by atoms with Gasteiger partial charge in [0.05, 0.1) is 16.7 Å². The zero-order valence-corrected chi connectivity index (χ0v) is 33.8. The van der Waals surface area contributed by atoms with Gasteiger partial charge >= 0.3 is 0 Å². The first-order chi connectivity index (χ1) is 27.7. The molecule has 8 aromatic rings. The van der Waals surface area contributed by atoms with Gasteiger partial charge in [-0.15, -0.1) is 0 Å². The monoisotopic (exact) mass is 738 g/mol. The van der Waals surface area contributed by atoms with Crippen LogP contribution in [0.1, 0.15) is 68.7 Å². The number of aromatic nitrogens is 4. The van der Waals surface area contributed by atoms with Crippen LogP contribution < -0.4 is 16.4 Å². The van der Waals surface area contributed by atoms with Crippen LogP contribution >= 0.6 is 0 Å². The van der Waals surface area contributed by atoms with E-state index in [9.17, 15) is 0 Å². The van der Waals surface area contributed by atoms with Crippen LogP contribution in [0.3, 0.4) is 0 Å². The van der Waals surface area contributed by atoms with Crippen molar-refractivity contribution in [1.82, 2.24) is 19.1 Å². The van der Waals surface area contributed by atoms with Gasteiger partial charge in [0.1, 0.15) is 11.6 Å².